The number of rotatable bonds is 5. The quantitative estimate of drug-likeness (QED) is 0.886. The Kier molecular flexibility index (Phi) is 5.23. The van der Waals surface area contributed by atoms with Gasteiger partial charge in [-0.2, -0.15) is 0 Å². The van der Waals surface area contributed by atoms with Crippen LogP contribution >= 0.6 is 0 Å². The molecule has 1 aliphatic heterocycles. The average molecular weight is 262 g/mol. The summed E-state index contributed by atoms with van der Waals surface area (Å²) in [7, 11) is 0. The van der Waals surface area contributed by atoms with Gasteiger partial charge in [-0.3, -0.25) is 0 Å². The molecule has 1 heterocycles. The summed E-state index contributed by atoms with van der Waals surface area (Å²) in [4.78, 5) is 2.53. The largest absolute Gasteiger partial charge is 0.492 e. The minimum absolute atomic E-state index is 0.148. The second-order valence-corrected chi connectivity index (χ2v) is 5.76. The van der Waals surface area contributed by atoms with Crippen molar-refractivity contribution >= 4 is 0 Å². The van der Waals surface area contributed by atoms with E-state index in [0.717, 1.165) is 5.75 Å². The number of hydrogen-bond acceptors (Lipinski definition) is 3. The first-order valence-corrected chi connectivity index (χ1v) is 7.34. The van der Waals surface area contributed by atoms with Crippen LogP contribution in [0.4, 0.5) is 0 Å². The minimum atomic E-state index is 0.148. The Hall–Kier alpha value is -1.06. The number of piperidine rings is 1. The Morgan fingerprint density at radius 3 is 2.42 bits per heavy atom. The first-order chi connectivity index (χ1) is 9.16. The van der Waals surface area contributed by atoms with Crippen LogP contribution in [0, 0.1) is 5.92 Å². The van der Waals surface area contributed by atoms with Gasteiger partial charge >= 0.3 is 0 Å². The van der Waals surface area contributed by atoms with Crippen LogP contribution in [-0.4, -0.2) is 36.7 Å². The standard InChI is InChI=1S/C16H26N2O/c1-13(2)18-10-8-14(9-11-18)16(17)12-19-15-6-4-3-5-7-15/h3-7,13-14,16H,8-12,17H2,1-2H3. The highest BCUT2D eigenvalue weighted by Gasteiger charge is 2.25. The third-order valence-electron chi connectivity index (χ3n) is 4.10. The summed E-state index contributed by atoms with van der Waals surface area (Å²) in [6.45, 7) is 7.48. The van der Waals surface area contributed by atoms with E-state index < -0.39 is 0 Å². The first-order valence-electron chi connectivity index (χ1n) is 7.34. The molecule has 0 radical (unpaired) electrons. The lowest BCUT2D eigenvalue weighted by molar-refractivity contribution is 0.123. The van der Waals surface area contributed by atoms with Crippen molar-refractivity contribution in [2.75, 3.05) is 19.7 Å². The summed E-state index contributed by atoms with van der Waals surface area (Å²) in [6, 6.07) is 10.7. The van der Waals surface area contributed by atoms with Gasteiger partial charge in [-0.1, -0.05) is 18.2 Å². The van der Waals surface area contributed by atoms with E-state index in [9.17, 15) is 0 Å². The molecule has 3 heteroatoms. The van der Waals surface area contributed by atoms with Crippen molar-refractivity contribution in [3.8, 4) is 5.75 Å². The Bertz CT molecular complexity index is 358. The summed E-state index contributed by atoms with van der Waals surface area (Å²) in [5, 5.41) is 0. The van der Waals surface area contributed by atoms with E-state index in [1.165, 1.54) is 25.9 Å². The predicted molar refractivity (Wildman–Crippen MR) is 79.3 cm³/mol. The topological polar surface area (TPSA) is 38.5 Å². The van der Waals surface area contributed by atoms with Crippen molar-refractivity contribution in [2.24, 2.45) is 11.7 Å². The van der Waals surface area contributed by atoms with Crippen molar-refractivity contribution < 1.29 is 4.74 Å². The molecule has 19 heavy (non-hydrogen) atoms. The number of nitrogens with zero attached hydrogens (tertiary/aromatic N) is 1. The van der Waals surface area contributed by atoms with Crippen LogP contribution in [-0.2, 0) is 0 Å². The van der Waals surface area contributed by atoms with E-state index in [2.05, 4.69) is 18.7 Å². The molecule has 1 fully saturated rings. The van der Waals surface area contributed by atoms with E-state index in [-0.39, 0.29) is 6.04 Å². The molecule has 1 saturated heterocycles. The van der Waals surface area contributed by atoms with E-state index in [1.807, 2.05) is 30.3 Å². The molecule has 106 valence electrons. The summed E-state index contributed by atoms with van der Waals surface area (Å²) in [6.07, 6.45) is 2.38. The summed E-state index contributed by atoms with van der Waals surface area (Å²) >= 11 is 0. The SMILES string of the molecule is CC(C)N1CCC(C(N)COc2ccccc2)CC1. The Labute approximate surface area is 116 Å². The monoisotopic (exact) mass is 262 g/mol. The molecule has 1 aliphatic rings. The van der Waals surface area contributed by atoms with Gasteiger partial charge in [-0.25, -0.2) is 0 Å². The second-order valence-electron chi connectivity index (χ2n) is 5.76. The van der Waals surface area contributed by atoms with Crippen LogP contribution < -0.4 is 10.5 Å². The van der Waals surface area contributed by atoms with Crippen LogP contribution in [0.25, 0.3) is 0 Å². The maximum Gasteiger partial charge on any atom is 0.119 e. The Balaban J connectivity index is 1.74. The molecule has 0 amide bonds. The molecule has 2 rings (SSSR count). The lowest BCUT2D eigenvalue weighted by atomic mass is 9.90. The van der Waals surface area contributed by atoms with Gasteiger partial charge in [0.1, 0.15) is 12.4 Å². The first kappa shape index (κ1) is 14.4. The molecule has 0 aliphatic carbocycles. The van der Waals surface area contributed by atoms with Gasteiger partial charge in [0.25, 0.3) is 0 Å². The predicted octanol–water partition coefficient (Wildman–Crippen LogP) is 2.51. The van der Waals surface area contributed by atoms with Gasteiger partial charge in [-0.15, -0.1) is 0 Å². The van der Waals surface area contributed by atoms with E-state index in [4.69, 9.17) is 10.5 Å². The number of nitrogens with two attached hydrogens (primary N) is 1. The number of para-hydroxylation sites is 1. The highest BCUT2D eigenvalue weighted by molar-refractivity contribution is 5.20. The van der Waals surface area contributed by atoms with Crippen molar-refractivity contribution in [3.63, 3.8) is 0 Å². The molecule has 1 aromatic rings. The summed E-state index contributed by atoms with van der Waals surface area (Å²) in [5.74, 6) is 1.51. The van der Waals surface area contributed by atoms with Crippen molar-refractivity contribution in [1.82, 2.24) is 4.90 Å². The maximum absolute atomic E-state index is 6.27. The molecular weight excluding hydrogens is 236 g/mol. The van der Waals surface area contributed by atoms with E-state index >= 15 is 0 Å². The fraction of sp³-hybridized carbons (Fsp3) is 0.625. The maximum atomic E-state index is 6.27. The Morgan fingerprint density at radius 1 is 1.21 bits per heavy atom. The second kappa shape index (κ2) is 6.92. The molecule has 1 unspecified atom stereocenters. The minimum Gasteiger partial charge on any atom is -0.492 e. The van der Waals surface area contributed by atoms with Crippen LogP contribution in [0.1, 0.15) is 26.7 Å². The molecule has 0 saturated carbocycles. The zero-order valence-electron chi connectivity index (χ0n) is 12.1. The highest BCUT2D eigenvalue weighted by Crippen LogP contribution is 2.21. The molecule has 0 aromatic heterocycles. The summed E-state index contributed by atoms with van der Waals surface area (Å²) < 4.78 is 5.76. The zero-order valence-corrected chi connectivity index (χ0v) is 12.1. The van der Waals surface area contributed by atoms with Crippen molar-refractivity contribution in [2.45, 2.75) is 38.8 Å². The van der Waals surface area contributed by atoms with Gasteiger partial charge in [0.2, 0.25) is 0 Å². The number of likely N-dealkylation sites (tertiary alicyclic amines) is 1. The van der Waals surface area contributed by atoms with Crippen LogP contribution in [0.2, 0.25) is 0 Å². The highest BCUT2D eigenvalue weighted by atomic mass is 16.5. The fourth-order valence-corrected chi connectivity index (χ4v) is 2.71. The smallest absolute Gasteiger partial charge is 0.119 e. The zero-order chi connectivity index (χ0) is 13.7. The van der Waals surface area contributed by atoms with Crippen molar-refractivity contribution in [1.29, 1.82) is 0 Å². The van der Waals surface area contributed by atoms with Gasteiger partial charge in [0.05, 0.1) is 0 Å². The van der Waals surface area contributed by atoms with Crippen LogP contribution in [0.5, 0.6) is 5.75 Å². The number of benzene rings is 1. The van der Waals surface area contributed by atoms with E-state index in [1.54, 1.807) is 0 Å². The molecule has 1 aromatic carbocycles. The molecule has 3 nitrogen and oxygen atoms in total. The third kappa shape index (κ3) is 4.22. The van der Waals surface area contributed by atoms with Crippen LogP contribution in [0.3, 0.4) is 0 Å². The molecule has 1 atom stereocenters. The summed E-state index contributed by atoms with van der Waals surface area (Å²) in [5.41, 5.74) is 6.27. The molecular formula is C16H26N2O. The van der Waals surface area contributed by atoms with Crippen molar-refractivity contribution in [3.05, 3.63) is 30.3 Å². The Morgan fingerprint density at radius 2 is 1.84 bits per heavy atom. The molecule has 0 spiro atoms. The molecule has 2 N–H and O–H groups in total. The van der Waals surface area contributed by atoms with Gasteiger partial charge in [0, 0.05) is 12.1 Å². The lowest BCUT2D eigenvalue weighted by Crippen LogP contribution is -2.45. The average Bonchev–Trinajstić information content (AvgIpc) is 2.46. The van der Waals surface area contributed by atoms with Gasteiger partial charge in [0.15, 0.2) is 0 Å². The molecule has 0 bridgehead atoms. The van der Waals surface area contributed by atoms with E-state index in [0.29, 0.717) is 18.6 Å². The normalized spacial score (nSPS) is 19.6. The number of ether oxygens (including phenoxy) is 1. The lowest BCUT2D eigenvalue weighted by Gasteiger charge is -2.36. The fourth-order valence-electron chi connectivity index (χ4n) is 2.71. The van der Waals surface area contributed by atoms with Gasteiger partial charge < -0.3 is 15.4 Å². The van der Waals surface area contributed by atoms with Gasteiger partial charge in [-0.05, 0) is 57.8 Å². The van der Waals surface area contributed by atoms with Crippen LogP contribution in [0.15, 0.2) is 30.3 Å². The third-order valence-corrected chi connectivity index (χ3v) is 4.10. The number of hydrogen-bond donors (Lipinski definition) is 1.